The largest absolute Gasteiger partial charge is 0.493 e. The van der Waals surface area contributed by atoms with Crippen LogP contribution in [0.15, 0.2) is 29.6 Å². The van der Waals surface area contributed by atoms with Crippen molar-refractivity contribution in [3.8, 4) is 28.5 Å². The van der Waals surface area contributed by atoms with Gasteiger partial charge in [-0.1, -0.05) is 18.7 Å². The molecule has 4 aromatic rings. The summed E-state index contributed by atoms with van der Waals surface area (Å²) in [4.78, 5) is 24.9. The molecule has 1 aliphatic heterocycles. The third-order valence-corrected chi connectivity index (χ3v) is 7.51. The number of aromatic amines is 1. The van der Waals surface area contributed by atoms with E-state index < -0.39 is 0 Å². The Morgan fingerprint density at radius 2 is 1.80 bits per heavy atom. The van der Waals surface area contributed by atoms with Crippen molar-refractivity contribution >= 4 is 34.5 Å². The topological polar surface area (TPSA) is 132 Å². The number of piperidine rings is 1. The van der Waals surface area contributed by atoms with Crippen LogP contribution < -0.4 is 24.4 Å². The SMILES string of the molecule is CCSc1nc(N2CCCCC2)c2cnn(CCNC(=O)c3cc(-c4cc(OC)c(OC)c(OC)c4)n[nH]3)c2n1. The van der Waals surface area contributed by atoms with Crippen molar-refractivity contribution in [2.24, 2.45) is 0 Å². The van der Waals surface area contributed by atoms with Crippen LogP contribution in [0.1, 0.15) is 36.7 Å². The zero-order chi connectivity index (χ0) is 28.1. The van der Waals surface area contributed by atoms with Crippen molar-refractivity contribution in [1.29, 1.82) is 0 Å². The van der Waals surface area contributed by atoms with E-state index in [1.807, 2.05) is 10.9 Å². The number of aromatic nitrogens is 6. The second-order valence-electron chi connectivity index (χ2n) is 9.25. The number of amides is 1. The van der Waals surface area contributed by atoms with E-state index in [0.29, 0.717) is 41.7 Å². The minimum atomic E-state index is -0.270. The highest BCUT2D eigenvalue weighted by Crippen LogP contribution is 2.40. The highest BCUT2D eigenvalue weighted by Gasteiger charge is 2.21. The van der Waals surface area contributed by atoms with E-state index in [1.54, 1.807) is 51.3 Å². The number of hydrogen-bond acceptors (Lipinski definition) is 10. The van der Waals surface area contributed by atoms with Gasteiger partial charge in [0.2, 0.25) is 5.75 Å². The van der Waals surface area contributed by atoms with E-state index in [-0.39, 0.29) is 5.91 Å². The molecule has 1 fully saturated rings. The maximum absolute atomic E-state index is 12.9. The van der Waals surface area contributed by atoms with Crippen molar-refractivity contribution in [1.82, 2.24) is 35.3 Å². The lowest BCUT2D eigenvalue weighted by molar-refractivity contribution is 0.0947. The third kappa shape index (κ3) is 5.64. The van der Waals surface area contributed by atoms with Crippen LogP contribution >= 0.6 is 11.8 Å². The summed E-state index contributed by atoms with van der Waals surface area (Å²) in [6.45, 7) is 4.91. The summed E-state index contributed by atoms with van der Waals surface area (Å²) < 4.78 is 18.1. The summed E-state index contributed by atoms with van der Waals surface area (Å²) in [6, 6.07) is 5.26. The number of carbonyl (C=O) groups excluding carboxylic acids is 1. The first-order valence-corrected chi connectivity index (χ1v) is 14.3. The first kappa shape index (κ1) is 27.6. The number of carbonyl (C=O) groups is 1. The van der Waals surface area contributed by atoms with Crippen LogP contribution in [0.2, 0.25) is 0 Å². The van der Waals surface area contributed by atoms with Gasteiger partial charge in [0.15, 0.2) is 22.3 Å². The maximum atomic E-state index is 12.9. The van der Waals surface area contributed by atoms with E-state index in [2.05, 4.69) is 32.4 Å². The Labute approximate surface area is 236 Å². The number of methoxy groups -OCH3 is 3. The Kier molecular flexibility index (Phi) is 8.58. The molecular weight excluding hydrogens is 532 g/mol. The number of H-pyrrole nitrogens is 1. The summed E-state index contributed by atoms with van der Waals surface area (Å²) in [5.41, 5.74) is 2.42. The third-order valence-electron chi connectivity index (χ3n) is 6.78. The summed E-state index contributed by atoms with van der Waals surface area (Å²) >= 11 is 1.62. The molecule has 5 rings (SSSR count). The highest BCUT2D eigenvalue weighted by atomic mass is 32.2. The summed E-state index contributed by atoms with van der Waals surface area (Å²) in [6.07, 6.45) is 5.41. The lowest BCUT2D eigenvalue weighted by atomic mass is 10.1. The van der Waals surface area contributed by atoms with Gasteiger partial charge >= 0.3 is 0 Å². The molecule has 4 heterocycles. The Balaban J connectivity index is 1.29. The molecule has 2 N–H and O–H groups in total. The fourth-order valence-corrected chi connectivity index (χ4v) is 5.37. The van der Waals surface area contributed by atoms with Gasteiger partial charge < -0.3 is 24.4 Å². The predicted molar refractivity (Wildman–Crippen MR) is 154 cm³/mol. The Bertz CT molecular complexity index is 1460. The van der Waals surface area contributed by atoms with Gasteiger partial charge in [0.1, 0.15) is 11.5 Å². The summed E-state index contributed by atoms with van der Waals surface area (Å²) in [5.74, 6) is 3.07. The number of benzene rings is 1. The quantitative estimate of drug-likeness (QED) is 0.204. The van der Waals surface area contributed by atoms with E-state index in [0.717, 1.165) is 59.3 Å². The standard InChI is InChI=1S/C27H34N8O4S/c1-5-40-27-30-24(34-10-7-6-8-11-34)18-16-29-35(25(18)31-27)12-9-28-26(36)20-15-19(32-33-20)17-13-21(37-2)23(39-4)22(14-17)38-3/h13-16H,5-12H2,1-4H3,(H,28,36)(H,32,33). The van der Waals surface area contributed by atoms with E-state index in [9.17, 15) is 4.79 Å². The first-order chi connectivity index (χ1) is 19.6. The molecule has 0 bridgehead atoms. The molecule has 12 nitrogen and oxygen atoms in total. The van der Waals surface area contributed by atoms with E-state index in [4.69, 9.17) is 24.2 Å². The molecule has 3 aromatic heterocycles. The molecule has 0 radical (unpaired) electrons. The molecule has 212 valence electrons. The second-order valence-corrected chi connectivity index (χ2v) is 10.5. The minimum absolute atomic E-state index is 0.270. The second kappa shape index (κ2) is 12.5. The normalized spacial score (nSPS) is 13.4. The van der Waals surface area contributed by atoms with Gasteiger partial charge in [0.05, 0.1) is 45.2 Å². The van der Waals surface area contributed by atoms with Crippen LogP contribution in [0.4, 0.5) is 5.82 Å². The Hall–Kier alpha value is -4.00. The van der Waals surface area contributed by atoms with Gasteiger partial charge in [-0.3, -0.25) is 9.89 Å². The zero-order valence-electron chi connectivity index (χ0n) is 23.2. The molecular formula is C27H34N8O4S. The highest BCUT2D eigenvalue weighted by molar-refractivity contribution is 7.99. The number of thioether (sulfide) groups is 1. The van der Waals surface area contributed by atoms with Crippen LogP contribution in [-0.2, 0) is 6.54 Å². The van der Waals surface area contributed by atoms with Crippen LogP contribution in [0, 0.1) is 0 Å². The van der Waals surface area contributed by atoms with E-state index in [1.165, 1.54) is 6.42 Å². The summed E-state index contributed by atoms with van der Waals surface area (Å²) in [5, 5.41) is 16.4. The monoisotopic (exact) mass is 566 g/mol. The minimum Gasteiger partial charge on any atom is -0.493 e. The summed E-state index contributed by atoms with van der Waals surface area (Å²) in [7, 11) is 4.65. The lowest BCUT2D eigenvalue weighted by Crippen LogP contribution is -2.30. The van der Waals surface area contributed by atoms with E-state index >= 15 is 0 Å². The first-order valence-electron chi connectivity index (χ1n) is 13.3. The number of nitrogens with zero attached hydrogens (tertiary/aromatic N) is 6. The smallest absolute Gasteiger partial charge is 0.269 e. The van der Waals surface area contributed by atoms with Crippen molar-refractivity contribution < 1.29 is 19.0 Å². The molecule has 1 amide bonds. The molecule has 1 aliphatic rings. The molecule has 1 aromatic carbocycles. The van der Waals surface area contributed by atoms with Crippen molar-refractivity contribution in [3.05, 3.63) is 30.1 Å². The lowest BCUT2D eigenvalue weighted by Gasteiger charge is -2.28. The maximum Gasteiger partial charge on any atom is 0.269 e. The molecule has 40 heavy (non-hydrogen) atoms. The van der Waals surface area contributed by atoms with Gasteiger partial charge in [0.25, 0.3) is 5.91 Å². The van der Waals surface area contributed by atoms with Gasteiger partial charge in [-0.15, -0.1) is 0 Å². The average Bonchev–Trinajstić information content (AvgIpc) is 3.65. The Morgan fingerprint density at radius 3 is 2.48 bits per heavy atom. The molecule has 0 aliphatic carbocycles. The number of hydrogen-bond donors (Lipinski definition) is 2. The van der Waals surface area contributed by atoms with Crippen molar-refractivity contribution in [2.75, 3.05) is 51.6 Å². The molecule has 0 atom stereocenters. The number of anilines is 1. The fraction of sp³-hybridized carbons (Fsp3) is 0.444. The molecule has 0 unspecified atom stereocenters. The van der Waals surface area contributed by atoms with Gasteiger partial charge in [-0.25, -0.2) is 14.6 Å². The van der Waals surface area contributed by atoms with Crippen LogP contribution in [0.3, 0.4) is 0 Å². The van der Waals surface area contributed by atoms with Crippen LogP contribution in [0.25, 0.3) is 22.3 Å². The predicted octanol–water partition coefficient (Wildman–Crippen LogP) is 3.77. The number of ether oxygens (including phenoxy) is 3. The van der Waals surface area contributed by atoms with Crippen molar-refractivity contribution in [2.45, 2.75) is 37.9 Å². The van der Waals surface area contributed by atoms with Crippen LogP contribution in [0.5, 0.6) is 17.2 Å². The zero-order valence-corrected chi connectivity index (χ0v) is 24.0. The van der Waals surface area contributed by atoms with Crippen LogP contribution in [-0.4, -0.2) is 82.6 Å². The number of fused-ring (bicyclic) bond motifs is 1. The van der Waals surface area contributed by atoms with Gasteiger partial charge in [-0.2, -0.15) is 10.2 Å². The average molecular weight is 567 g/mol. The van der Waals surface area contributed by atoms with Gasteiger partial charge in [0, 0.05) is 25.2 Å². The van der Waals surface area contributed by atoms with Crippen molar-refractivity contribution in [3.63, 3.8) is 0 Å². The fourth-order valence-electron chi connectivity index (χ4n) is 4.81. The number of rotatable bonds is 11. The molecule has 0 saturated carbocycles. The molecule has 1 saturated heterocycles. The number of nitrogens with one attached hydrogen (secondary N) is 2. The Morgan fingerprint density at radius 1 is 1.05 bits per heavy atom. The molecule has 0 spiro atoms. The van der Waals surface area contributed by atoms with Gasteiger partial charge in [-0.05, 0) is 43.2 Å². The molecule has 13 heteroatoms.